The van der Waals surface area contributed by atoms with Crippen molar-refractivity contribution in [1.82, 2.24) is 24.5 Å². The van der Waals surface area contributed by atoms with Crippen LogP contribution < -0.4 is 0 Å². The Labute approximate surface area is 163 Å². The summed E-state index contributed by atoms with van der Waals surface area (Å²) in [6.45, 7) is -0.00730. The van der Waals surface area contributed by atoms with Crippen molar-refractivity contribution in [3.63, 3.8) is 0 Å². The average molecular weight is 393 g/mol. The van der Waals surface area contributed by atoms with Crippen LogP contribution in [0.5, 0.6) is 0 Å². The second kappa shape index (κ2) is 7.97. The number of hydrogen-bond acceptors (Lipinski definition) is 8. The molecule has 1 aromatic carbocycles. The molecular weight excluding hydrogens is 381 g/mol. The molecule has 0 fully saturated rings. The summed E-state index contributed by atoms with van der Waals surface area (Å²) >= 11 is 0.958. The van der Waals surface area contributed by atoms with E-state index in [2.05, 4.69) is 24.5 Å². The van der Waals surface area contributed by atoms with Crippen molar-refractivity contribution in [3.05, 3.63) is 77.4 Å². The number of aromatic nitrogens is 5. The second-order valence-corrected chi connectivity index (χ2v) is 6.45. The highest BCUT2D eigenvalue weighted by molar-refractivity contribution is 7.08. The molecule has 9 heteroatoms. The number of halogens is 1. The average Bonchev–Trinajstić information content (AvgIpc) is 3.23. The number of hydrogen-bond donors (Lipinski definition) is 0. The first kappa shape index (κ1) is 17.8. The van der Waals surface area contributed by atoms with E-state index in [4.69, 9.17) is 4.74 Å². The molecular formula is C19H12FN5O2S. The number of carbonyl (C=O) groups excluding carboxylic acids is 1. The molecule has 0 aliphatic heterocycles. The number of benzene rings is 1. The van der Waals surface area contributed by atoms with Gasteiger partial charge in [-0.3, -0.25) is 4.98 Å². The molecule has 0 unspecified atom stereocenters. The topological polar surface area (TPSA) is 90.8 Å². The summed E-state index contributed by atoms with van der Waals surface area (Å²) in [6, 6.07) is 9.56. The van der Waals surface area contributed by atoms with Crippen molar-refractivity contribution in [1.29, 1.82) is 0 Å². The van der Waals surface area contributed by atoms with Gasteiger partial charge in [0.05, 0.1) is 0 Å². The summed E-state index contributed by atoms with van der Waals surface area (Å²) < 4.78 is 22.5. The van der Waals surface area contributed by atoms with Gasteiger partial charge in [0.1, 0.15) is 18.1 Å². The lowest BCUT2D eigenvalue weighted by Crippen LogP contribution is -2.05. The van der Waals surface area contributed by atoms with Crippen LogP contribution >= 0.6 is 11.5 Å². The maximum Gasteiger partial charge on any atom is 0.352 e. The molecule has 4 rings (SSSR count). The summed E-state index contributed by atoms with van der Waals surface area (Å²) in [7, 11) is 0. The zero-order valence-corrected chi connectivity index (χ0v) is 15.1. The van der Waals surface area contributed by atoms with Crippen molar-refractivity contribution in [2.45, 2.75) is 6.61 Å². The van der Waals surface area contributed by atoms with Crippen LogP contribution in [0, 0.1) is 5.82 Å². The fourth-order valence-electron chi connectivity index (χ4n) is 2.44. The fraction of sp³-hybridized carbons (Fsp3) is 0.0526. The van der Waals surface area contributed by atoms with Gasteiger partial charge in [-0.05, 0) is 35.8 Å². The largest absolute Gasteiger partial charge is 0.456 e. The monoisotopic (exact) mass is 393 g/mol. The predicted octanol–water partition coefficient (Wildman–Crippen LogP) is 3.55. The fourth-order valence-corrected chi connectivity index (χ4v) is 3.02. The first-order valence-corrected chi connectivity index (χ1v) is 8.95. The number of nitrogens with zero attached hydrogens (tertiary/aromatic N) is 5. The molecule has 0 spiro atoms. The van der Waals surface area contributed by atoms with Crippen molar-refractivity contribution < 1.29 is 13.9 Å². The highest BCUT2D eigenvalue weighted by Gasteiger charge is 2.19. The standard InChI is InChI=1S/C19H12FN5O2S/c20-15-5-1-3-13(7-15)18-22-8-12(9-23-18)11-27-19(26)17-16(24-25-28-17)14-4-2-6-21-10-14/h1-10H,11H2. The van der Waals surface area contributed by atoms with E-state index in [0.717, 1.165) is 11.5 Å². The van der Waals surface area contributed by atoms with Crippen LogP contribution in [0.1, 0.15) is 15.2 Å². The van der Waals surface area contributed by atoms with Crippen molar-refractivity contribution >= 4 is 17.5 Å². The highest BCUT2D eigenvalue weighted by atomic mass is 32.1. The van der Waals surface area contributed by atoms with Crippen LogP contribution in [0.25, 0.3) is 22.6 Å². The first-order chi connectivity index (χ1) is 13.7. The van der Waals surface area contributed by atoms with E-state index in [1.807, 2.05) is 0 Å². The zero-order valence-electron chi connectivity index (χ0n) is 14.3. The second-order valence-electron chi connectivity index (χ2n) is 5.69. The predicted molar refractivity (Wildman–Crippen MR) is 99.7 cm³/mol. The van der Waals surface area contributed by atoms with Crippen LogP contribution in [0.4, 0.5) is 4.39 Å². The van der Waals surface area contributed by atoms with Gasteiger partial charge in [-0.15, -0.1) is 5.10 Å². The van der Waals surface area contributed by atoms with E-state index in [1.165, 1.54) is 24.5 Å². The quantitative estimate of drug-likeness (QED) is 0.479. The van der Waals surface area contributed by atoms with E-state index in [-0.39, 0.29) is 12.4 Å². The Morgan fingerprint density at radius 1 is 1.07 bits per heavy atom. The molecule has 0 N–H and O–H groups in total. The van der Waals surface area contributed by atoms with E-state index in [0.29, 0.717) is 33.1 Å². The van der Waals surface area contributed by atoms with Gasteiger partial charge in [-0.2, -0.15) is 0 Å². The van der Waals surface area contributed by atoms with Crippen molar-refractivity contribution in [3.8, 4) is 22.6 Å². The van der Waals surface area contributed by atoms with Gasteiger partial charge in [-0.25, -0.2) is 19.2 Å². The van der Waals surface area contributed by atoms with Crippen LogP contribution in [-0.4, -0.2) is 30.5 Å². The lowest BCUT2D eigenvalue weighted by Gasteiger charge is -2.05. The van der Waals surface area contributed by atoms with Gasteiger partial charge in [-0.1, -0.05) is 16.6 Å². The smallest absolute Gasteiger partial charge is 0.352 e. The molecule has 3 aromatic heterocycles. The number of rotatable bonds is 5. The minimum atomic E-state index is -0.539. The number of ether oxygens (including phenoxy) is 1. The molecule has 0 bridgehead atoms. The molecule has 7 nitrogen and oxygen atoms in total. The van der Waals surface area contributed by atoms with E-state index < -0.39 is 5.97 Å². The molecule has 28 heavy (non-hydrogen) atoms. The minimum absolute atomic E-state index is 0.00730. The Bertz CT molecular complexity index is 1100. The Hall–Kier alpha value is -3.59. The number of esters is 1. The Kier molecular flexibility index (Phi) is 5.07. The minimum Gasteiger partial charge on any atom is -0.456 e. The first-order valence-electron chi connectivity index (χ1n) is 8.17. The molecule has 0 saturated heterocycles. The lowest BCUT2D eigenvalue weighted by atomic mass is 10.2. The van der Waals surface area contributed by atoms with Gasteiger partial charge in [0, 0.05) is 41.5 Å². The van der Waals surface area contributed by atoms with E-state index in [9.17, 15) is 9.18 Å². The Balaban J connectivity index is 1.44. The maximum absolute atomic E-state index is 13.3. The van der Waals surface area contributed by atoms with Crippen LogP contribution in [0.2, 0.25) is 0 Å². The summed E-state index contributed by atoms with van der Waals surface area (Å²) in [5, 5.41) is 3.99. The SMILES string of the molecule is O=C(OCc1cnc(-c2cccc(F)c2)nc1)c1snnc1-c1cccnc1. The summed E-state index contributed by atoms with van der Waals surface area (Å²) in [5.74, 6) is -0.509. The normalized spacial score (nSPS) is 10.6. The molecule has 3 heterocycles. The molecule has 0 radical (unpaired) electrons. The summed E-state index contributed by atoms with van der Waals surface area (Å²) in [4.78, 5) is 25.1. The van der Waals surface area contributed by atoms with Crippen LogP contribution in [-0.2, 0) is 11.3 Å². The van der Waals surface area contributed by atoms with Gasteiger partial charge in [0.25, 0.3) is 0 Å². The van der Waals surface area contributed by atoms with Gasteiger partial charge < -0.3 is 4.74 Å². The summed E-state index contributed by atoms with van der Waals surface area (Å²) in [5.41, 5.74) is 2.29. The van der Waals surface area contributed by atoms with Gasteiger partial charge in [0.2, 0.25) is 0 Å². The molecule has 4 aromatic rings. The molecule has 0 aliphatic rings. The number of pyridine rings is 1. The van der Waals surface area contributed by atoms with Crippen LogP contribution in [0.3, 0.4) is 0 Å². The Morgan fingerprint density at radius 2 is 1.89 bits per heavy atom. The molecule has 0 aliphatic carbocycles. The van der Waals surface area contributed by atoms with Crippen molar-refractivity contribution in [2.24, 2.45) is 0 Å². The van der Waals surface area contributed by atoms with Gasteiger partial charge >= 0.3 is 5.97 Å². The van der Waals surface area contributed by atoms with Gasteiger partial charge in [0.15, 0.2) is 10.7 Å². The third-order valence-electron chi connectivity index (χ3n) is 3.77. The molecule has 0 atom stereocenters. The third kappa shape index (κ3) is 3.89. The van der Waals surface area contributed by atoms with Crippen LogP contribution in [0.15, 0.2) is 61.2 Å². The zero-order chi connectivity index (χ0) is 19.3. The lowest BCUT2D eigenvalue weighted by molar-refractivity contribution is 0.0478. The molecule has 138 valence electrons. The Morgan fingerprint density at radius 3 is 2.64 bits per heavy atom. The number of carbonyl (C=O) groups is 1. The molecule has 0 saturated carbocycles. The highest BCUT2D eigenvalue weighted by Crippen LogP contribution is 2.24. The summed E-state index contributed by atoms with van der Waals surface area (Å²) in [6.07, 6.45) is 6.31. The van der Waals surface area contributed by atoms with E-state index >= 15 is 0 Å². The van der Waals surface area contributed by atoms with Crippen molar-refractivity contribution in [2.75, 3.05) is 0 Å². The maximum atomic E-state index is 13.3. The van der Waals surface area contributed by atoms with E-state index in [1.54, 1.807) is 36.7 Å². The molecule has 0 amide bonds. The third-order valence-corrected chi connectivity index (χ3v) is 4.47.